The van der Waals surface area contributed by atoms with E-state index >= 15 is 0 Å². The second-order valence-corrected chi connectivity index (χ2v) is 6.98. The molecule has 7 heteroatoms. The van der Waals surface area contributed by atoms with Crippen molar-refractivity contribution in [3.63, 3.8) is 0 Å². The van der Waals surface area contributed by atoms with Gasteiger partial charge >= 0.3 is 6.03 Å². The molecule has 28 heavy (non-hydrogen) atoms. The first-order valence-electron chi connectivity index (χ1n) is 9.02. The number of halogens is 1. The minimum Gasteiger partial charge on any atom is -0.354 e. The number of hydrogen-bond donors (Lipinski definition) is 2. The van der Waals surface area contributed by atoms with Gasteiger partial charge in [-0.25, -0.2) is 9.18 Å². The van der Waals surface area contributed by atoms with Gasteiger partial charge in [0.25, 0.3) is 5.91 Å². The van der Waals surface area contributed by atoms with Gasteiger partial charge in [-0.3, -0.25) is 14.5 Å². The van der Waals surface area contributed by atoms with Crippen molar-refractivity contribution in [1.29, 1.82) is 0 Å². The van der Waals surface area contributed by atoms with Gasteiger partial charge in [-0.2, -0.15) is 0 Å². The minimum atomic E-state index is -1.33. The van der Waals surface area contributed by atoms with E-state index in [1.807, 2.05) is 31.2 Å². The number of carbonyl (C=O) groups excluding carboxylic acids is 3. The second kappa shape index (κ2) is 7.80. The standard InChI is InChI=1S/C21H22FN3O3/c1-14-5-3-4-6-15(14)11-12-23-18(26)13-25-19(27)21(2,24-20(25)28)16-7-9-17(22)10-8-16/h3-10H,11-13H2,1-2H3,(H,23,26)(H,24,28). The summed E-state index contributed by atoms with van der Waals surface area (Å²) >= 11 is 0. The zero-order chi connectivity index (χ0) is 20.3. The molecule has 4 amide bonds. The van der Waals surface area contributed by atoms with Gasteiger partial charge in [0.2, 0.25) is 5.91 Å². The maximum Gasteiger partial charge on any atom is 0.325 e. The first kappa shape index (κ1) is 19.5. The summed E-state index contributed by atoms with van der Waals surface area (Å²) in [5, 5.41) is 5.33. The minimum absolute atomic E-state index is 0.366. The van der Waals surface area contributed by atoms with E-state index in [1.165, 1.54) is 31.2 Å². The van der Waals surface area contributed by atoms with Crippen LogP contribution in [0.4, 0.5) is 9.18 Å². The molecule has 1 saturated heterocycles. The van der Waals surface area contributed by atoms with Gasteiger partial charge in [0.05, 0.1) is 0 Å². The molecule has 1 fully saturated rings. The van der Waals surface area contributed by atoms with Gasteiger partial charge in [-0.05, 0) is 49.1 Å². The predicted molar refractivity (Wildman–Crippen MR) is 102 cm³/mol. The highest BCUT2D eigenvalue weighted by atomic mass is 19.1. The van der Waals surface area contributed by atoms with E-state index in [-0.39, 0.29) is 6.54 Å². The molecule has 0 aromatic heterocycles. The van der Waals surface area contributed by atoms with Crippen molar-refractivity contribution < 1.29 is 18.8 Å². The van der Waals surface area contributed by atoms with Crippen molar-refractivity contribution in [2.45, 2.75) is 25.8 Å². The van der Waals surface area contributed by atoms with E-state index in [0.717, 1.165) is 16.0 Å². The smallest absolute Gasteiger partial charge is 0.325 e. The molecule has 2 aromatic carbocycles. The normalized spacial score (nSPS) is 18.9. The number of aryl methyl sites for hydroxylation is 1. The van der Waals surface area contributed by atoms with Crippen LogP contribution < -0.4 is 10.6 Å². The zero-order valence-corrected chi connectivity index (χ0v) is 15.8. The van der Waals surface area contributed by atoms with Crippen LogP contribution in [0.1, 0.15) is 23.6 Å². The summed E-state index contributed by atoms with van der Waals surface area (Å²) in [5.74, 6) is -1.40. The number of hydrogen-bond acceptors (Lipinski definition) is 3. The summed E-state index contributed by atoms with van der Waals surface area (Å²) in [5.41, 5.74) is 1.39. The summed E-state index contributed by atoms with van der Waals surface area (Å²) in [6.07, 6.45) is 0.659. The number of imide groups is 1. The van der Waals surface area contributed by atoms with Crippen LogP contribution in [0, 0.1) is 12.7 Å². The number of nitrogens with zero attached hydrogens (tertiary/aromatic N) is 1. The first-order chi connectivity index (χ1) is 13.3. The van der Waals surface area contributed by atoms with Crippen molar-refractivity contribution in [2.24, 2.45) is 0 Å². The molecule has 0 spiro atoms. The van der Waals surface area contributed by atoms with E-state index in [1.54, 1.807) is 0 Å². The molecule has 1 heterocycles. The molecule has 2 N–H and O–H groups in total. The van der Waals surface area contributed by atoms with Gasteiger partial charge in [0.1, 0.15) is 17.9 Å². The van der Waals surface area contributed by atoms with Crippen molar-refractivity contribution in [2.75, 3.05) is 13.1 Å². The molecule has 146 valence electrons. The lowest BCUT2D eigenvalue weighted by molar-refractivity contribution is -0.134. The molecule has 1 aliphatic heterocycles. The first-order valence-corrected chi connectivity index (χ1v) is 9.02. The third kappa shape index (κ3) is 3.88. The van der Waals surface area contributed by atoms with E-state index in [4.69, 9.17) is 0 Å². The van der Waals surface area contributed by atoms with Crippen LogP contribution in [-0.4, -0.2) is 35.8 Å². The lowest BCUT2D eigenvalue weighted by Crippen LogP contribution is -2.43. The number of carbonyl (C=O) groups is 3. The third-order valence-electron chi connectivity index (χ3n) is 4.98. The van der Waals surface area contributed by atoms with Gasteiger partial charge in [0, 0.05) is 6.54 Å². The van der Waals surface area contributed by atoms with Crippen LogP contribution in [0.3, 0.4) is 0 Å². The van der Waals surface area contributed by atoms with E-state index in [9.17, 15) is 18.8 Å². The quantitative estimate of drug-likeness (QED) is 0.751. The van der Waals surface area contributed by atoms with Crippen LogP contribution >= 0.6 is 0 Å². The predicted octanol–water partition coefficient (Wildman–Crippen LogP) is 2.26. The Morgan fingerprint density at radius 3 is 2.50 bits per heavy atom. The van der Waals surface area contributed by atoms with Crippen molar-refractivity contribution >= 4 is 17.8 Å². The van der Waals surface area contributed by atoms with Crippen LogP contribution in [0.25, 0.3) is 0 Å². The summed E-state index contributed by atoms with van der Waals surface area (Å²) in [6.45, 7) is 3.58. The average Bonchev–Trinajstić information content (AvgIpc) is 2.88. The lowest BCUT2D eigenvalue weighted by atomic mass is 9.92. The Morgan fingerprint density at radius 2 is 1.82 bits per heavy atom. The van der Waals surface area contributed by atoms with Crippen LogP contribution in [0.2, 0.25) is 0 Å². The number of amides is 4. The lowest BCUT2D eigenvalue weighted by Gasteiger charge is -2.22. The Morgan fingerprint density at radius 1 is 1.14 bits per heavy atom. The van der Waals surface area contributed by atoms with Crippen LogP contribution in [0.15, 0.2) is 48.5 Å². The topological polar surface area (TPSA) is 78.5 Å². The Balaban J connectivity index is 1.60. The maximum atomic E-state index is 13.2. The molecular weight excluding hydrogens is 361 g/mol. The highest BCUT2D eigenvalue weighted by Gasteiger charge is 2.49. The van der Waals surface area contributed by atoms with E-state index in [2.05, 4.69) is 10.6 Å². The Hall–Kier alpha value is -3.22. The maximum absolute atomic E-state index is 13.2. The SMILES string of the molecule is Cc1ccccc1CCNC(=O)CN1C(=O)NC(C)(c2ccc(F)cc2)C1=O. The number of nitrogens with one attached hydrogen (secondary N) is 2. The summed E-state index contributed by atoms with van der Waals surface area (Å²) < 4.78 is 13.2. The average molecular weight is 383 g/mol. The third-order valence-corrected chi connectivity index (χ3v) is 4.98. The fourth-order valence-electron chi connectivity index (χ4n) is 3.25. The summed E-state index contributed by atoms with van der Waals surface area (Å²) in [7, 11) is 0. The fraction of sp³-hybridized carbons (Fsp3) is 0.286. The number of rotatable bonds is 6. The molecule has 3 rings (SSSR count). The van der Waals surface area contributed by atoms with E-state index in [0.29, 0.717) is 18.5 Å². The largest absolute Gasteiger partial charge is 0.354 e. The zero-order valence-electron chi connectivity index (χ0n) is 15.8. The molecule has 1 aliphatic rings. The fourth-order valence-corrected chi connectivity index (χ4v) is 3.25. The highest BCUT2D eigenvalue weighted by Crippen LogP contribution is 2.28. The molecule has 1 atom stereocenters. The number of urea groups is 1. The Labute approximate surface area is 162 Å². The molecule has 1 unspecified atom stereocenters. The number of benzene rings is 2. The van der Waals surface area contributed by atoms with Crippen molar-refractivity contribution in [1.82, 2.24) is 15.5 Å². The molecule has 2 aromatic rings. The Kier molecular flexibility index (Phi) is 5.44. The van der Waals surface area contributed by atoms with Gasteiger partial charge < -0.3 is 10.6 Å². The molecule has 0 aliphatic carbocycles. The summed E-state index contributed by atoms with van der Waals surface area (Å²) in [4.78, 5) is 38.1. The molecule has 6 nitrogen and oxygen atoms in total. The van der Waals surface area contributed by atoms with Crippen molar-refractivity contribution in [3.05, 3.63) is 71.0 Å². The Bertz CT molecular complexity index is 913. The van der Waals surface area contributed by atoms with Gasteiger partial charge in [-0.1, -0.05) is 36.4 Å². The second-order valence-electron chi connectivity index (χ2n) is 6.98. The molecule has 0 bridgehead atoms. The van der Waals surface area contributed by atoms with Gasteiger partial charge in [0.15, 0.2) is 0 Å². The highest BCUT2D eigenvalue weighted by molar-refractivity contribution is 6.09. The summed E-state index contributed by atoms with van der Waals surface area (Å²) in [6, 6.07) is 12.6. The van der Waals surface area contributed by atoms with Crippen molar-refractivity contribution in [3.8, 4) is 0 Å². The molecular formula is C21H22FN3O3. The monoisotopic (exact) mass is 383 g/mol. The van der Waals surface area contributed by atoms with Crippen LogP contribution in [0.5, 0.6) is 0 Å². The molecule has 0 saturated carbocycles. The molecule has 0 radical (unpaired) electrons. The van der Waals surface area contributed by atoms with Gasteiger partial charge in [-0.15, -0.1) is 0 Å². The van der Waals surface area contributed by atoms with Crippen LogP contribution in [-0.2, 0) is 21.5 Å². The van der Waals surface area contributed by atoms with E-state index < -0.39 is 29.2 Å².